The van der Waals surface area contributed by atoms with Gasteiger partial charge in [-0.05, 0) is 68.0 Å². The molecule has 1 aromatic carbocycles. The van der Waals surface area contributed by atoms with E-state index in [4.69, 9.17) is 16.5 Å². The lowest BCUT2D eigenvalue weighted by Gasteiger charge is -2.30. The highest BCUT2D eigenvalue weighted by Gasteiger charge is 2.27. The molecule has 9 nitrogen and oxygen atoms in total. The molecule has 1 aliphatic heterocycles. The Hall–Kier alpha value is -3.82. The molecule has 1 aliphatic carbocycles. The maximum Gasteiger partial charge on any atom is 0.256 e. The zero-order chi connectivity index (χ0) is 24.6. The number of nitrogens with one attached hydrogen (secondary N) is 1. The average Bonchev–Trinajstić information content (AvgIpc) is 3.69. The van der Waals surface area contributed by atoms with Gasteiger partial charge in [-0.15, -0.1) is 0 Å². The molecule has 2 aliphatic rings. The van der Waals surface area contributed by atoms with Gasteiger partial charge in [-0.25, -0.2) is 15.0 Å². The topological polar surface area (TPSA) is 127 Å². The summed E-state index contributed by atoms with van der Waals surface area (Å²) < 4.78 is 2.06. The fourth-order valence-electron chi connectivity index (χ4n) is 5.16. The van der Waals surface area contributed by atoms with Crippen molar-refractivity contribution in [3.63, 3.8) is 0 Å². The van der Waals surface area contributed by atoms with Crippen LogP contribution >= 0.6 is 0 Å². The first-order valence-corrected chi connectivity index (χ1v) is 12.5. The number of benzene rings is 1. The van der Waals surface area contributed by atoms with E-state index in [1.807, 2.05) is 42.6 Å². The van der Waals surface area contributed by atoms with Crippen LogP contribution in [-0.4, -0.2) is 49.9 Å². The van der Waals surface area contributed by atoms with Gasteiger partial charge >= 0.3 is 0 Å². The number of piperidine rings is 1. The van der Waals surface area contributed by atoms with Crippen molar-refractivity contribution < 1.29 is 4.79 Å². The van der Waals surface area contributed by atoms with Crippen LogP contribution in [0.5, 0.6) is 0 Å². The lowest BCUT2D eigenvalue weighted by atomic mass is 9.97. The molecule has 0 unspecified atom stereocenters. The highest BCUT2D eigenvalue weighted by molar-refractivity contribution is 6.04. The van der Waals surface area contributed by atoms with Crippen molar-refractivity contribution in [3.8, 4) is 11.3 Å². The van der Waals surface area contributed by atoms with E-state index >= 15 is 0 Å². The molecule has 0 spiro atoms. The van der Waals surface area contributed by atoms with Crippen LogP contribution in [0.2, 0.25) is 0 Å². The predicted molar refractivity (Wildman–Crippen MR) is 140 cm³/mol. The van der Waals surface area contributed by atoms with Crippen molar-refractivity contribution in [1.82, 2.24) is 24.3 Å². The van der Waals surface area contributed by atoms with Gasteiger partial charge in [0.15, 0.2) is 0 Å². The van der Waals surface area contributed by atoms with E-state index in [9.17, 15) is 4.79 Å². The minimum absolute atomic E-state index is 0.192. The molecule has 4 heterocycles. The van der Waals surface area contributed by atoms with E-state index in [1.165, 1.54) is 18.4 Å². The molecule has 6 rings (SSSR count). The number of hydrogen-bond acceptors (Lipinski definition) is 7. The number of carbonyl (C=O) groups is 1. The van der Waals surface area contributed by atoms with E-state index in [1.54, 1.807) is 12.4 Å². The van der Waals surface area contributed by atoms with E-state index in [0.717, 1.165) is 48.5 Å². The fourth-order valence-corrected chi connectivity index (χ4v) is 5.16. The second-order valence-corrected chi connectivity index (χ2v) is 9.73. The summed E-state index contributed by atoms with van der Waals surface area (Å²) >= 11 is 0. The number of nitrogens with two attached hydrogens (primary N) is 2. The maximum absolute atomic E-state index is 12.9. The minimum Gasteiger partial charge on any atom is -0.382 e. The summed E-state index contributed by atoms with van der Waals surface area (Å²) in [5, 5.41) is 2.92. The van der Waals surface area contributed by atoms with Crippen LogP contribution in [0, 0.1) is 0 Å². The van der Waals surface area contributed by atoms with Crippen LogP contribution in [0.3, 0.4) is 0 Å². The van der Waals surface area contributed by atoms with Crippen molar-refractivity contribution >= 4 is 23.1 Å². The first kappa shape index (κ1) is 22.6. The minimum atomic E-state index is -0.192. The number of amides is 1. The third kappa shape index (κ3) is 4.31. The van der Waals surface area contributed by atoms with Gasteiger partial charge in [-0.2, -0.15) is 0 Å². The number of nitrogens with zero attached hydrogens (tertiary/aromatic N) is 5. The average molecular weight is 483 g/mol. The molecule has 2 fully saturated rings. The van der Waals surface area contributed by atoms with Crippen LogP contribution in [-0.2, 0) is 0 Å². The molecular formula is C27H30N8O. The van der Waals surface area contributed by atoms with E-state index in [2.05, 4.69) is 24.6 Å². The summed E-state index contributed by atoms with van der Waals surface area (Å²) in [6, 6.07) is 11.4. The molecule has 1 saturated heterocycles. The number of likely N-dealkylation sites (tertiary alicyclic amines) is 1. The summed E-state index contributed by atoms with van der Waals surface area (Å²) in [6.45, 7) is 2.42. The van der Waals surface area contributed by atoms with E-state index in [0.29, 0.717) is 29.8 Å². The van der Waals surface area contributed by atoms with Crippen molar-refractivity contribution in [2.24, 2.45) is 5.73 Å². The standard InChI is InChI=1S/C27H30N8O/c28-16-34-12-1-2-21(15-34)26-33-23(24-25(29)31-11-13-35(24)26)18-5-7-19(8-6-18)27(36)32-22-14-20(9-10-30-22)17-3-4-17/h5-11,13-14,17,21H,1-4,12,15-16,28H2,(H2,29,31)(H,30,32,36)/t21-/m1/s1. The monoisotopic (exact) mass is 482 g/mol. The number of pyridine rings is 1. The van der Waals surface area contributed by atoms with E-state index < -0.39 is 0 Å². The molecule has 1 atom stereocenters. The number of rotatable bonds is 6. The second-order valence-electron chi connectivity index (χ2n) is 9.73. The first-order valence-electron chi connectivity index (χ1n) is 12.5. The SMILES string of the molecule is NCN1CCC[C@@H](c2nc(-c3ccc(C(=O)Nc4cc(C5CC5)ccn4)cc3)c3c(N)nccn23)C1. The van der Waals surface area contributed by atoms with Gasteiger partial charge in [0, 0.05) is 48.8 Å². The summed E-state index contributed by atoms with van der Waals surface area (Å²) in [5.41, 5.74) is 16.5. The quantitative estimate of drug-likeness (QED) is 0.383. The van der Waals surface area contributed by atoms with Crippen LogP contribution in [0.15, 0.2) is 55.0 Å². The predicted octanol–water partition coefficient (Wildman–Crippen LogP) is 3.60. The molecular weight excluding hydrogens is 452 g/mol. The molecule has 0 bridgehead atoms. The normalized spacial score (nSPS) is 18.4. The smallest absolute Gasteiger partial charge is 0.256 e. The summed E-state index contributed by atoms with van der Waals surface area (Å²) in [6.07, 6.45) is 9.92. The number of imidazole rings is 1. The first-order chi connectivity index (χ1) is 17.6. The number of anilines is 2. The molecule has 1 saturated carbocycles. The van der Waals surface area contributed by atoms with Crippen molar-refractivity contribution in [2.75, 3.05) is 30.8 Å². The zero-order valence-corrected chi connectivity index (χ0v) is 20.1. The van der Waals surface area contributed by atoms with Crippen LogP contribution < -0.4 is 16.8 Å². The lowest BCUT2D eigenvalue weighted by Crippen LogP contribution is -2.38. The van der Waals surface area contributed by atoms with Crippen molar-refractivity contribution in [1.29, 1.82) is 0 Å². The number of carbonyl (C=O) groups excluding carboxylic acids is 1. The molecule has 36 heavy (non-hydrogen) atoms. The largest absolute Gasteiger partial charge is 0.382 e. The van der Waals surface area contributed by atoms with Gasteiger partial charge in [-0.1, -0.05) is 12.1 Å². The summed E-state index contributed by atoms with van der Waals surface area (Å²) in [5.74, 6) is 2.65. The molecule has 4 aromatic rings. The van der Waals surface area contributed by atoms with Gasteiger partial charge in [-0.3, -0.25) is 14.1 Å². The highest BCUT2D eigenvalue weighted by Crippen LogP contribution is 2.40. The Morgan fingerprint density at radius 2 is 1.89 bits per heavy atom. The summed E-state index contributed by atoms with van der Waals surface area (Å²) in [7, 11) is 0. The van der Waals surface area contributed by atoms with Crippen molar-refractivity contribution in [2.45, 2.75) is 37.5 Å². The fraction of sp³-hybridized carbons (Fsp3) is 0.333. The maximum atomic E-state index is 12.9. The molecule has 0 radical (unpaired) electrons. The Balaban J connectivity index is 1.28. The molecule has 1 amide bonds. The molecule has 184 valence electrons. The van der Waals surface area contributed by atoms with Gasteiger partial charge in [0.25, 0.3) is 5.91 Å². The van der Waals surface area contributed by atoms with Crippen LogP contribution in [0.4, 0.5) is 11.6 Å². The Bertz CT molecular complexity index is 1410. The third-order valence-corrected chi connectivity index (χ3v) is 7.23. The molecule has 5 N–H and O–H groups in total. The van der Waals surface area contributed by atoms with E-state index in [-0.39, 0.29) is 11.8 Å². The number of fused-ring (bicyclic) bond motifs is 1. The Labute approximate surface area is 209 Å². The second kappa shape index (κ2) is 9.33. The lowest BCUT2D eigenvalue weighted by molar-refractivity contribution is 0.102. The van der Waals surface area contributed by atoms with Gasteiger partial charge in [0.2, 0.25) is 0 Å². The van der Waals surface area contributed by atoms with Crippen molar-refractivity contribution in [3.05, 3.63) is 71.9 Å². The summed E-state index contributed by atoms with van der Waals surface area (Å²) in [4.78, 5) is 28.8. The van der Waals surface area contributed by atoms with Crippen LogP contribution in [0.1, 0.15) is 59.3 Å². The van der Waals surface area contributed by atoms with Gasteiger partial charge < -0.3 is 16.8 Å². The highest BCUT2D eigenvalue weighted by atomic mass is 16.1. The third-order valence-electron chi connectivity index (χ3n) is 7.23. The Kier molecular flexibility index (Phi) is 5.86. The number of aromatic nitrogens is 4. The number of nitrogen functional groups attached to an aromatic ring is 1. The molecule has 9 heteroatoms. The van der Waals surface area contributed by atoms with Gasteiger partial charge in [0.05, 0.1) is 0 Å². The Morgan fingerprint density at radius 3 is 2.67 bits per heavy atom. The molecule has 3 aromatic heterocycles. The van der Waals surface area contributed by atoms with Gasteiger partial charge in [0.1, 0.15) is 28.7 Å². The number of hydrogen-bond donors (Lipinski definition) is 3. The van der Waals surface area contributed by atoms with Crippen LogP contribution in [0.25, 0.3) is 16.8 Å². The Morgan fingerprint density at radius 1 is 1.06 bits per heavy atom. The zero-order valence-electron chi connectivity index (χ0n) is 20.1.